The number of fused-ring (bicyclic) bond motifs is 5. The second kappa shape index (κ2) is 6.38. The molecule has 0 heterocycles. The van der Waals surface area contributed by atoms with E-state index in [1.54, 1.807) is 0 Å². The molecule has 4 aliphatic carbocycles. The second-order valence-electron chi connectivity index (χ2n) is 9.95. The van der Waals surface area contributed by atoms with E-state index in [9.17, 15) is 20.1 Å². The Morgan fingerprint density at radius 1 is 1.26 bits per heavy atom. The number of hydrogen-bond acceptors (Lipinski definition) is 5. The Bertz CT molecular complexity index is 655. The van der Waals surface area contributed by atoms with Crippen LogP contribution in [0.5, 0.6) is 0 Å². The van der Waals surface area contributed by atoms with Crippen molar-refractivity contribution in [3.63, 3.8) is 0 Å². The lowest BCUT2D eigenvalue weighted by molar-refractivity contribution is -0.213. The molecule has 0 aromatic heterocycles. The zero-order valence-electron chi connectivity index (χ0n) is 16.8. The topological polar surface area (TPSA) is 87.0 Å². The van der Waals surface area contributed by atoms with Gasteiger partial charge >= 0.3 is 0 Å². The monoisotopic (exact) mass is 378 g/mol. The Hall–Kier alpha value is -0.750. The summed E-state index contributed by atoms with van der Waals surface area (Å²) >= 11 is 0. The maximum Gasteiger partial charge on any atom is 0.155 e. The number of aliphatic hydroxyl groups excluding tert-OH is 2. The van der Waals surface area contributed by atoms with Crippen molar-refractivity contribution in [3.8, 4) is 0 Å². The molecule has 0 aromatic carbocycles. The molecule has 5 heteroatoms. The Labute approximate surface area is 161 Å². The SMILES string of the molecule is COC(CO)[C@@]1(O)CC[C@H]2[C@@H]3CCC4=CC(=O)CC[C@]4(C)[C@H]3[C@@H](O)C[C@@]21C. The highest BCUT2D eigenvalue weighted by atomic mass is 16.5. The molecule has 27 heavy (non-hydrogen) atoms. The summed E-state index contributed by atoms with van der Waals surface area (Å²) in [6.45, 7) is 4.11. The number of hydrogen-bond donors (Lipinski definition) is 3. The summed E-state index contributed by atoms with van der Waals surface area (Å²) in [6.07, 6.45) is 5.98. The summed E-state index contributed by atoms with van der Waals surface area (Å²) in [4.78, 5) is 12.0. The predicted molar refractivity (Wildman–Crippen MR) is 101 cm³/mol. The van der Waals surface area contributed by atoms with Crippen LogP contribution in [-0.2, 0) is 9.53 Å². The van der Waals surface area contributed by atoms with Gasteiger partial charge in [0.1, 0.15) is 6.10 Å². The maximum atomic E-state index is 12.0. The molecule has 0 spiro atoms. The van der Waals surface area contributed by atoms with Crippen molar-refractivity contribution < 1.29 is 24.9 Å². The zero-order valence-corrected chi connectivity index (χ0v) is 16.8. The Balaban J connectivity index is 1.72. The van der Waals surface area contributed by atoms with Crippen molar-refractivity contribution in [2.45, 2.75) is 76.6 Å². The van der Waals surface area contributed by atoms with Gasteiger partial charge in [0, 0.05) is 18.9 Å². The van der Waals surface area contributed by atoms with Crippen molar-refractivity contribution in [2.24, 2.45) is 28.6 Å². The molecule has 0 bridgehead atoms. The third-order valence-corrected chi connectivity index (χ3v) is 9.09. The highest BCUT2D eigenvalue weighted by Gasteiger charge is 2.68. The number of rotatable bonds is 3. The van der Waals surface area contributed by atoms with E-state index >= 15 is 0 Å². The van der Waals surface area contributed by atoms with Crippen LogP contribution in [0.2, 0.25) is 0 Å². The van der Waals surface area contributed by atoms with E-state index in [-0.39, 0.29) is 23.7 Å². The first-order valence-electron chi connectivity index (χ1n) is 10.5. The molecule has 0 aromatic rings. The average Bonchev–Trinajstić information content (AvgIpc) is 2.88. The summed E-state index contributed by atoms with van der Waals surface area (Å²) in [7, 11) is 1.54. The molecule has 3 saturated carbocycles. The number of methoxy groups -OCH3 is 1. The minimum Gasteiger partial charge on any atom is -0.394 e. The fourth-order valence-corrected chi connectivity index (χ4v) is 7.67. The van der Waals surface area contributed by atoms with Crippen LogP contribution in [0.4, 0.5) is 0 Å². The number of ketones is 1. The van der Waals surface area contributed by atoms with Crippen LogP contribution in [0.25, 0.3) is 0 Å². The molecule has 5 nitrogen and oxygen atoms in total. The first kappa shape index (κ1) is 19.6. The number of carbonyl (C=O) groups is 1. The van der Waals surface area contributed by atoms with Gasteiger partial charge in [-0.05, 0) is 67.8 Å². The van der Waals surface area contributed by atoms with Crippen LogP contribution in [0.15, 0.2) is 11.6 Å². The molecule has 4 aliphatic rings. The molecule has 152 valence electrons. The Morgan fingerprint density at radius 3 is 2.67 bits per heavy atom. The number of carbonyl (C=O) groups excluding carboxylic acids is 1. The quantitative estimate of drug-likeness (QED) is 0.701. The van der Waals surface area contributed by atoms with E-state index in [1.807, 2.05) is 6.08 Å². The van der Waals surface area contributed by atoms with Gasteiger partial charge < -0.3 is 20.1 Å². The van der Waals surface area contributed by atoms with Gasteiger partial charge in [-0.1, -0.05) is 19.4 Å². The largest absolute Gasteiger partial charge is 0.394 e. The molecule has 1 unspecified atom stereocenters. The first-order chi connectivity index (χ1) is 12.7. The van der Waals surface area contributed by atoms with E-state index in [1.165, 1.54) is 12.7 Å². The van der Waals surface area contributed by atoms with Crippen LogP contribution < -0.4 is 0 Å². The van der Waals surface area contributed by atoms with Crippen LogP contribution in [0.3, 0.4) is 0 Å². The van der Waals surface area contributed by atoms with Gasteiger partial charge in [-0.3, -0.25) is 4.79 Å². The lowest BCUT2D eigenvalue weighted by atomic mass is 9.45. The van der Waals surface area contributed by atoms with Crippen molar-refractivity contribution in [1.82, 2.24) is 0 Å². The van der Waals surface area contributed by atoms with E-state index in [0.717, 1.165) is 25.7 Å². The highest BCUT2D eigenvalue weighted by molar-refractivity contribution is 5.91. The minimum absolute atomic E-state index is 0.115. The van der Waals surface area contributed by atoms with Crippen molar-refractivity contribution in [1.29, 1.82) is 0 Å². The highest BCUT2D eigenvalue weighted by Crippen LogP contribution is 2.68. The van der Waals surface area contributed by atoms with Crippen LogP contribution in [0.1, 0.15) is 58.8 Å². The smallest absolute Gasteiger partial charge is 0.155 e. The van der Waals surface area contributed by atoms with Gasteiger partial charge in [0.15, 0.2) is 5.78 Å². The summed E-state index contributed by atoms with van der Waals surface area (Å²) in [5.74, 6) is 0.994. The lowest BCUT2D eigenvalue weighted by Gasteiger charge is -2.61. The molecule has 0 amide bonds. The normalized spacial score (nSPS) is 50.4. The molecule has 8 atom stereocenters. The van der Waals surface area contributed by atoms with Gasteiger partial charge in [0.2, 0.25) is 0 Å². The zero-order chi connectivity index (χ0) is 19.6. The van der Waals surface area contributed by atoms with E-state index < -0.39 is 23.2 Å². The van der Waals surface area contributed by atoms with Crippen molar-refractivity contribution in [3.05, 3.63) is 11.6 Å². The van der Waals surface area contributed by atoms with Gasteiger partial charge in [-0.2, -0.15) is 0 Å². The summed E-state index contributed by atoms with van der Waals surface area (Å²) in [5.41, 5.74) is -0.484. The molecule has 3 fully saturated rings. The maximum absolute atomic E-state index is 12.0. The number of allylic oxidation sites excluding steroid dienone is 1. The fourth-order valence-electron chi connectivity index (χ4n) is 7.67. The van der Waals surface area contributed by atoms with Crippen molar-refractivity contribution in [2.75, 3.05) is 13.7 Å². The molecule has 4 rings (SSSR count). The third-order valence-electron chi connectivity index (χ3n) is 9.09. The molecule has 3 N–H and O–H groups in total. The van der Waals surface area contributed by atoms with Crippen molar-refractivity contribution >= 4 is 5.78 Å². The Kier molecular flexibility index (Phi) is 4.62. The van der Waals surface area contributed by atoms with Gasteiger partial charge in [0.25, 0.3) is 0 Å². The van der Waals surface area contributed by atoms with Crippen LogP contribution in [-0.4, -0.2) is 52.6 Å². The third kappa shape index (κ3) is 2.48. The van der Waals surface area contributed by atoms with Crippen LogP contribution >= 0.6 is 0 Å². The van der Waals surface area contributed by atoms with Gasteiger partial charge in [0.05, 0.1) is 18.3 Å². The number of aliphatic hydroxyl groups is 3. The summed E-state index contributed by atoms with van der Waals surface area (Å²) < 4.78 is 5.46. The van der Waals surface area contributed by atoms with Crippen LogP contribution in [0, 0.1) is 28.6 Å². The molecule has 0 radical (unpaired) electrons. The molecule has 0 aliphatic heterocycles. The predicted octanol–water partition coefficient (Wildman–Crippen LogP) is 2.23. The molecule has 0 saturated heterocycles. The standard InChI is InChI=1S/C22H34O5/c1-20-8-6-14(24)10-13(20)4-5-15-16-7-9-22(26,18(12-23)27-3)21(16,2)11-17(25)19(15)20/h10,15-19,23,25-26H,4-9,11-12H2,1-3H3/t15-,16-,17-,18?,19+,20-,21-,22-/m0/s1. The minimum atomic E-state index is -1.12. The fraction of sp³-hybridized carbons (Fsp3) is 0.864. The van der Waals surface area contributed by atoms with Gasteiger partial charge in [-0.15, -0.1) is 0 Å². The Morgan fingerprint density at radius 2 is 2.00 bits per heavy atom. The first-order valence-corrected chi connectivity index (χ1v) is 10.5. The summed E-state index contributed by atoms with van der Waals surface area (Å²) in [5, 5.41) is 32.7. The average molecular weight is 379 g/mol. The van der Waals surface area contributed by atoms with E-state index in [0.29, 0.717) is 31.1 Å². The summed E-state index contributed by atoms with van der Waals surface area (Å²) in [6, 6.07) is 0. The lowest BCUT2D eigenvalue weighted by Crippen LogP contribution is -2.63. The molecular weight excluding hydrogens is 344 g/mol. The van der Waals surface area contributed by atoms with E-state index in [4.69, 9.17) is 4.74 Å². The second-order valence-corrected chi connectivity index (χ2v) is 9.95. The van der Waals surface area contributed by atoms with E-state index in [2.05, 4.69) is 13.8 Å². The number of ether oxygens (including phenoxy) is 1. The van der Waals surface area contributed by atoms with Gasteiger partial charge in [-0.25, -0.2) is 0 Å². The molecular formula is C22H34O5.